The van der Waals surface area contributed by atoms with E-state index >= 15 is 0 Å². The van der Waals surface area contributed by atoms with Crippen molar-refractivity contribution in [2.24, 2.45) is 5.92 Å². The van der Waals surface area contributed by atoms with Gasteiger partial charge in [-0.3, -0.25) is 9.78 Å². The van der Waals surface area contributed by atoms with Gasteiger partial charge in [0.15, 0.2) is 6.29 Å². The van der Waals surface area contributed by atoms with Crippen LogP contribution in [0.4, 0.5) is 0 Å². The van der Waals surface area contributed by atoms with Crippen LogP contribution in [0, 0.1) is 5.92 Å². The minimum atomic E-state index is 0.543. The molecule has 2 unspecified atom stereocenters. The Labute approximate surface area is 84.4 Å². The second-order valence-electron chi connectivity index (χ2n) is 4.37. The Hall–Kier alpha value is -1.18. The Morgan fingerprint density at radius 2 is 2.29 bits per heavy atom. The third-order valence-electron chi connectivity index (χ3n) is 2.99. The molecular formula is C12H15NO. The van der Waals surface area contributed by atoms with Gasteiger partial charge in [-0.1, -0.05) is 13.8 Å². The Balaban J connectivity index is 2.43. The zero-order valence-corrected chi connectivity index (χ0v) is 8.66. The maximum Gasteiger partial charge on any atom is 0.151 e. The molecule has 2 nitrogen and oxygen atoms in total. The monoisotopic (exact) mass is 189 g/mol. The molecule has 0 amide bonds. The number of hydrogen-bond donors (Lipinski definition) is 0. The molecule has 1 aromatic rings. The van der Waals surface area contributed by atoms with Gasteiger partial charge in [-0.05, 0) is 36.3 Å². The molecule has 0 saturated carbocycles. The smallest absolute Gasteiger partial charge is 0.151 e. The highest BCUT2D eigenvalue weighted by Gasteiger charge is 2.22. The van der Waals surface area contributed by atoms with Crippen molar-refractivity contribution in [3.05, 3.63) is 29.1 Å². The van der Waals surface area contributed by atoms with Crippen molar-refractivity contribution in [3.8, 4) is 0 Å². The van der Waals surface area contributed by atoms with Crippen LogP contribution in [0.25, 0.3) is 0 Å². The number of pyridine rings is 1. The van der Waals surface area contributed by atoms with Crippen LogP contribution in [0.2, 0.25) is 0 Å². The molecule has 0 N–H and O–H groups in total. The molecule has 0 bridgehead atoms. The SMILES string of the molecule is CC1Cc2ncc(C=O)cc2C(C)C1. The lowest BCUT2D eigenvalue weighted by molar-refractivity contribution is 0.112. The summed E-state index contributed by atoms with van der Waals surface area (Å²) in [6.45, 7) is 4.47. The fourth-order valence-corrected chi connectivity index (χ4v) is 2.33. The van der Waals surface area contributed by atoms with Crippen LogP contribution in [0.15, 0.2) is 12.3 Å². The van der Waals surface area contributed by atoms with Crippen molar-refractivity contribution in [1.29, 1.82) is 0 Å². The lowest BCUT2D eigenvalue weighted by atomic mass is 9.80. The molecule has 0 aliphatic heterocycles. The fraction of sp³-hybridized carbons (Fsp3) is 0.500. The van der Waals surface area contributed by atoms with Crippen LogP contribution in [0.5, 0.6) is 0 Å². The van der Waals surface area contributed by atoms with Gasteiger partial charge in [-0.2, -0.15) is 0 Å². The summed E-state index contributed by atoms with van der Waals surface area (Å²) < 4.78 is 0. The number of carbonyl (C=O) groups is 1. The van der Waals surface area contributed by atoms with Crippen molar-refractivity contribution in [3.63, 3.8) is 0 Å². The van der Waals surface area contributed by atoms with Crippen LogP contribution >= 0.6 is 0 Å². The summed E-state index contributed by atoms with van der Waals surface area (Å²) in [5.41, 5.74) is 3.15. The number of carbonyl (C=O) groups excluding carboxylic acids is 1. The van der Waals surface area contributed by atoms with Gasteiger partial charge in [-0.25, -0.2) is 0 Å². The quantitative estimate of drug-likeness (QED) is 0.635. The number of rotatable bonds is 1. The van der Waals surface area contributed by atoms with Gasteiger partial charge in [0.05, 0.1) is 0 Å². The minimum absolute atomic E-state index is 0.543. The number of aldehydes is 1. The van der Waals surface area contributed by atoms with Gasteiger partial charge in [0.25, 0.3) is 0 Å². The average Bonchev–Trinajstić information content (AvgIpc) is 2.17. The first-order valence-electron chi connectivity index (χ1n) is 5.14. The normalized spacial score (nSPS) is 25.6. The Morgan fingerprint density at radius 3 is 3.00 bits per heavy atom. The van der Waals surface area contributed by atoms with E-state index in [1.807, 2.05) is 6.07 Å². The first kappa shape index (κ1) is 9.38. The van der Waals surface area contributed by atoms with Crippen molar-refractivity contribution in [1.82, 2.24) is 4.98 Å². The molecule has 2 rings (SSSR count). The molecule has 2 atom stereocenters. The van der Waals surface area contributed by atoms with Crippen LogP contribution in [-0.2, 0) is 6.42 Å². The zero-order chi connectivity index (χ0) is 10.1. The van der Waals surface area contributed by atoms with E-state index in [9.17, 15) is 4.79 Å². The van der Waals surface area contributed by atoms with Crippen LogP contribution in [0.1, 0.15) is 47.8 Å². The molecule has 0 spiro atoms. The summed E-state index contributed by atoms with van der Waals surface area (Å²) in [4.78, 5) is 15.0. The molecule has 0 fully saturated rings. The lowest BCUT2D eigenvalue weighted by Gasteiger charge is -2.26. The average molecular weight is 189 g/mol. The number of aromatic nitrogens is 1. The van der Waals surface area contributed by atoms with Gasteiger partial charge in [0.1, 0.15) is 0 Å². The predicted molar refractivity (Wildman–Crippen MR) is 55.5 cm³/mol. The number of fused-ring (bicyclic) bond motifs is 1. The molecular weight excluding hydrogens is 174 g/mol. The predicted octanol–water partition coefficient (Wildman–Crippen LogP) is 2.58. The van der Waals surface area contributed by atoms with E-state index in [0.717, 1.165) is 12.7 Å². The maximum atomic E-state index is 10.6. The summed E-state index contributed by atoms with van der Waals surface area (Å²) in [6, 6.07) is 1.99. The van der Waals surface area contributed by atoms with Crippen molar-refractivity contribution >= 4 is 6.29 Å². The summed E-state index contributed by atoms with van der Waals surface area (Å²) in [6.07, 6.45) is 4.81. The summed E-state index contributed by atoms with van der Waals surface area (Å²) >= 11 is 0. The molecule has 1 heterocycles. The highest BCUT2D eigenvalue weighted by molar-refractivity contribution is 5.74. The van der Waals surface area contributed by atoms with E-state index in [2.05, 4.69) is 18.8 Å². The van der Waals surface area contributed by atoms with Gasteiger partial charge in [0.2, 0.25) is 0 Å². The Kier molecular flexibility index (Phi) is 2.36. The zero-order valence-electron chi connectivity index (χ0n) is 8.66. The van der Waals surface area contributed by atoms with E-state index in [1.165, 1.54) is 17.7 Å². The fourth-order valence-electron chi connectivity index (χ4n) is 2.33. The van der Waals surface area contributed by atoms with Gasteiger partial charge >= 0.3 is 0 Å². The Morgan fingerprint density at radius 1 is 1.50 bits per heavy atom. The topological polar surface area (TPSA) is 30.0 Å². The number of nitrogens with zero attached hydrogens (tertiary/aromatic N) is 1. The van der Waals surface area contributed by atoms with Crippen molar-refractivity contribution in [2.75, 3.05) is 0 Å². The molecule has 0 radical (unpaired) electrons. The first-order valence-corrected chi connectivity index (χ1v) is 5.14. The summed E-state index contributed by atoms with van der Waals surface area (Å²) in [5, 5.41) is 0. The van der Waals surface area contributed by atoms with Crippen molar-refractivity contribution < 1.29 is 4.79 Å². The number of hydrogen-bond acceptors (Lipinski definition) is 2. The molecule has 1 aliphatic rings. The van der Waals surface area contributed by atoms with Gasteiger partial charge < -0.3 is 0 Å². The van der Waals surface area contributed by atoms with E-state index in [-0.39, 0.29) is 0 Å². The second kappa shape index (κ2) is 3.52. The molecule has 2 heteroatoms. The standard InChI is InChI=1S/C12H15NO/c1-8-3-9(2)11-5-10(7-14)6-13-12(11)4-8/h5-9H,3-4H2,1-2H3. The van der Waals surface area contributed by atoms with Gasteiger partial charge in [0, 0.05) is 17.5 Å². The lowest BCUT2D eigenvalue weighted by Crippen LogP contribution is -2.16. The third-order valence-corrected chi connectivity index (χ3v) is 2.99. The van der Waals surface area contributed by atoms with E-state index in [0.29, 0.717) is 17.4 Å². The molecule has 14 heavy (non-hydrogen) atoms. The Bertz CT molecular complexity index is 359. The second-order valence-corrected chi connectivity index (χ2v) is 4.37. The molecule has 1 aromatic heterocycles. The van der Waals surface area contributed by atoms with Crippen LogP contribution < -0.4 is 0 Å². The first-order chi connectivity index (χ1) is 6.70. The highest BCUT2D eigenvalue weighted by Crippen LogP contribution is 2.33. The highest BCUT2D eigenvalue weighted by atomic mass is 16.1. The summed E-state index contributed by atoms with van der Waals surface area (Å²) in [7, 11) is 0. The van der Waals surface area contributed by atoms with Crippen molar-refractivity contribution in [2.45, 2.75) is 32.6 Å². The minimum Gasteiger partial charge on any atom is -0.298 e. The molecule has 74 valence electrons. The van der Waals surface area contributed by atoms with E-state index < -0.39 is 0 Å². The summed E-state index contributed by atoms with van der Waals surface area (Å²) in [5.74, 6) is 1.26. The van der Waals surface area contributed by atoms with Crippen LogP contribution in [-0.4, -0.2) is 11.3 Å². The van der Waals surface area contributed by atoms with Crippen LogP contribution in [0.3, 0.4) is 0 Å². The van der Waals surface area contributed by atoms with E-state index in [4.69, 9.17) is 0 Å². The molecule has 0 aromatic carbocycles. The molecule has 0 saturated heterocycles. The van der Waals surface area contributed by atoms with E-state index in [1.54, 1.807) is 6.20 Å². The maximum absolute atomic E-state index is 10.6. The molecule has 1 aliphatic carbocycles. The third kappa shape index (κ3) is 1.57. The van der Waals surface area contributed by atoms with Gasteiger partial charge in [-0.15, -0.1) is 0 Å². The largest absolute Gasteiger partial charge is 0.298 e.